The fourth-order valence-electron chi connectivity index (χ4n) is 3.59. The van der Waals surface area contributed by atoms with Gasteiger partial charge in [0.2, 0.25) is 17.5 Å². The number of anilines is 1. The molecule has 172 valence electrons. The molecule has 3 rings (SSSR count). The van der Waals surface area contributed by atoms with E-state index in [0.29, 0.717) is 4.73 Å². The highest BCUT2D eigenvalue weighted by atomic mass is 19.3. The van der Waals surface area contributed by atoms with Crippen molar-refractivity contribution >= 4 is 17.6 Å². The van der Waals surface area contributed by atoms with Gasteiger partial charge in [0.1, 0.15) is 18.2 Å². The number of nitrogens with one attached hydrogen (secondary N) is 2. The summed E-state index contributed by atoms with van der Waals surface area (Å²) in [6.07, 6.45) is 1.64. The monoisotopic (exact) mass is 451 g/mol. The Hall–Kier alpha value is -3.21. The molecule has 1 saturated heterocycles. The zero-order valence-electron chi connectivity index (χ0n) is 17.6. The van der Waals surface area contributed by atoms with Crippen LogP contribution in [0.4, 0.5) is 19.0 Å². The predicted molar refractivity (Wildman–Crippen MR) is 109 cm³/mol. The van der Waals surface area contributed by atoms with E-state index in [-0.39, 0.29) is 42.6 Å². The average molecular weight is 451 g/mol. The first-order valence-electron chi connectivity index (χ1n) is 10.1. The summed E-state index contributed by atoms with van der Waals surface area (Å²) in [7, 11) is 0. The molecule has 2 atom stereocenters. The Morgan fingerprint density at radius 3 is 2.78 bits per heavy atom. The molecule has 1 aliphatic rings. The number of carbonyl (C=O) groups is 2. The van der Waals surface area contributed by atoms with Crippen molar-refractivity contribution in [1.82, 2.24) is 15.2 Å². The maximum Gasteiger partial charge on any atom is 0.257 e. The highest BCUT2D eigenvalue weighted by Crippen LogP contribution is 2.40. The van der Waals surface area contributed by atoms with Crippen LogP contribution in [0.15, 0.2) is 36.7 Å². The first-order chi connectivity index (χ1) is 15.1. The van der Waals surface area contributed by atoms with E-state index in [1.165, 1.54) is 25.1 Å². The molecular formula is C21H24F3N5O3. The topological polar surface area (TPSA) is 101 Å². The van der Waals surface area contributed by atoms with E-state index in [9.17, 15) is 28.0 Å². The van der Waals surface area contributed by atoms with Gasteiger partial charge in [0.15, 0.2) is 6.20 Å². The van der Waals surface area contributed by atoms with Crippen LogP contribution in [-0.2, 0) is 16.1 Å². The first kappa shape index (κ1) is 23.5. The number of hydrogen-bond donors (Lipinski definition) is 2. The number of aromatic nitrogens is 2. The second-order valence-electron chi connectivity index (χ2n) is 7.77. The lowest BCUT2D eigenvalue weighted by Gasteiger charge is -2.40. The molecule has 1 aliphatic heterocycles. The molecule has 0 radical (unpaired) electrons. The molecule has 0 aromatic carbocycles. The highest BCUT2D eigenvalue weighted by molar-refractivity contribution is 5.93. The number of rotatable bonds is 6. The van der Waals surface area contributed by atoms with Crippen molar-refractivity contribution in [1.29, 1.82) is 0 Å². The number of carbonyl (C=O) groups excluding carboxylic acids is 2. The Bertz CT molecular complexity index is 987. The van der Waals surface area contributed by atoms with Crippen molar-refractivity contribution in [3.63, 3.8) is 0 Å². The molecule has 2 amide bonds. The molecule has 32 heavy (non-hydrogen) atoms. The van der Waals surface area contributed by atoms with Gasteiger partial charge >= 0.3 is 0 Å². The third kappa shape index (κ3) is 5.52. The van der Waals surface area contributed by atoms with E-state index in [2.05, 4.69) is 15.6 Å². The summed E-state index contributed by atoms with van der Waals surface area (Å²) in [5, 5.41) is 17.0. The molecule has 0 bridgehead atoms. The minimum atomic E-state index is -3.04. The largest absolute Gasteiger partial charge is 0.618 e. The smallest absolute Gasteiger partial charge is 0.257 e. The van der Waals surface area contributed by atoms with Crippen molar-refractivity contribution < 1.29 is 27.5 Å². The Kier molecular flexibility index (Phi) is 6.97. The van der Waals surface area contributed by atoms with Gasteiger partial charge in [-0.2, -0.15) is 4.73 Å². The maximum atomic E-state index is 14.8. The SMILES string of the molecule is CC(=O)NCc1cc(C2CN(C(C)C(=O)Nc3ccc(F)cn3)CCC2(F)F)cc[n+]1[O-]. The zero-order valence-corrected chi connectivity index (χ0v) is 17.6. The maximum absolute atomic E-state index is 14.8. The van der Waals surface area contributed by atoms with Gasteiger partial charge in [0.05, 0.1) is 18.2 Å². The van der Waals surface area contributed by atoms with Gasteiger partial charge in [-0.1, -0.05) is 0 Å². The minimum absolute atomic E-state index is 0.00205. The molecule has 0 spiro atoms. The molecule has 2 aromatic heterocycles. The van der Waals surface area contributed by atoms with Gasteiger partial charge in [-0.05, 0) is 24.6 Å². The van der Waals surface area contributed by atoms with E-state index in [0.717, 1.165) is 18.5 Å². The van der Waals surface area contributed by atoms with Gasteiger partial charge < -0.3 is 15.8 Å². The van der Waals surface area contributed by atoms with Crippen LogP contribution in [0.3, 0.4) is 0 Å². The third-order valence-electron chi connectivity index (χ3n) is 5.50. The fraction of sp³-hybridized carbons (Fsp3) is 0.429. The van der Waals surface area contributed by atoms with Gasteiger partial charge in [-0.15, -0.1) is 0 Å². The van der Waals surface area contributed by atoms with Crippen LogP contribution in [0.2, 0.25) is 0 Å². The van der Waals surface area contributed by atoms with Crippen molar-refractivity contribution in [2.45, 2.75) is 44.7 Å². The number of alkyl halides is 2. The van der Waals surface area contributed by atoms with Gasteiger partial charge in [0, 0.05) is 38.6 Å². The number of pyridine rings is 2. The second-order valence-corrected chi connectivity index (χ2v) is 7.77. The van der Waals surface area contributed by atoms with Crippen molar-refractivity contribution in [2.24, 2.45) is 0 Å². The second kappa shape index (κ2) is 9.51. The number of amides is 2. The molecule has 2 aromatic rings. The molecule has 2 unspecified atom stereocenters. The van der Waals surface area contributed by atoms with E-state index in [1.807, 2.05) is 0 Å². The van der Waals surface area contributed by atoms with Crippen molar-refractivity contribution in [3.05, 3.63) is 58.9 Å². The van der Waals surface area contributed by atoms with Crippen LogP contribution in [0.25, 0.3) is 0 Å². The van der Waals surface area contributed by atoms with Gasteiger partial charge in [-0.3, -0.25) is 14.5 Å². The summed E-state index contributed by atoms with van der Waals surface area (Å²) >= 11 is 0. The van der Waals surface area contributed by atoms with Crippen LogP contribution in [0.1, 0.15) is 37.4 Å². The van der Waals surface area contributed by atoms with Gasteiger partial charge in [0.25, 0.3) is 5.92 Å². The lowest BCUT2D eigenvalue weighted by atomic mass is 9.86. The van der Waals surface area contributed by atoms with E-state index >= 15 is 0 Å². The molecule has 3 heterocycles. The number of hydrogen-bond acceptors (Lipinski definition) is 5. The molecule has 11 heteroatoms. The molecular weight excluding hydrogens is 427 g/mol. The normalized spacial score (nSPS) is 19.2. The Morgan fingerprint density at radius 1 is 1.38 bits per heavy atom. The molecule has 1 fully saturated rings. The highest BCUT2D eigenvalue weighted by Gasteiger charge is 2.46. The fourth-order valence-corrected chi connectivity index (χ4v) is 3.59. The quantitative estimate of drug-likeness (QED) is 0.517. The van der Waals surface area contributed by atoms with Crippen LogP contribution in [-0.4, -0.2) is 46.8 Å². The minimum Gasteiger partial charge on any atom is -0.618 e. The summed E-state index contributed by atoms with van der Waals surface area (Å²) in [5.74, 6) is -5.46. The van der Waals surface area contributed by atoms with Gasteiger partial charge in [-0.25, -0.2) is 18.2 Å². The lowest BCUT2D eigenvalue weighted by molar-refractivity contribution is -0.614. The number of halogens is 3. The zero-order chi connectivity index (χ0) is 23.5. The summed E-state index contributed by atoms with van der Waals surface area (Å²) in [6.45, 7) is 2.69. The Labute approximate surface area is 183 Å². The number of likely N-dealkylation sites (tertiary alicyclic amines) is 1. The van der Waals surface area contributed by atoms with Crippen LogP contribution in [0.5, 0.6) is 0 Å². The average Bonchev–Trinajstić information content (AvgIpc) is 2.74. The van der Waals surface area contributed by atoms with E-state index in [1.54, 1.807) is 11.8 Å². The van der Waals surface area contributed by atoms with Crippen molar-refractivity contribution in [2.75, 3.05) is 18.4 Å². The first-order valence-corrected chi connectivity index (χ1v) is 10.1. The molecule has 2 N–H and O–H groups in total. The number of nitrogens with zero attached hydrogens (tertiary/aromatic N) is 3. The van der Waals surface area contributed by atoms with E-state index in [4.69, 9.17) is 0 Å². The van der Waals surface area contributed by atoms with Crippen molar-refractivity contribution in [3.8, 4) is 0 Å². The summed E-state index contributed by atoms with van der Waals surface area (Å²) in [6, 6.07) is 4.41. The van der Waals surface area contributed by atoms with Crippen LogP contribution in [0, 0.1) is 11.0 Å². The van der Waals surface area contributed by atoms with Crippen LogP contribution < -0.4 is 15.4 Å². The Balaban J connectivity index is 1.75. The Morgan fingerprint density at radius 2 is 2.12 bits per heavy atom. The molecule has 0 aliphatic carbocycles. The molecule has 0 saturated carbocycles. The number of piperidine rings is 1. The summed E-state index contributed by atoms with van der Waals surface area (Å²) in [4.78, 5) is 29.1. The van der Waals surface area contributed by atoms with E-state index < -0.39 is 36.0 Å². The van der Waals surface area contributed by atoms with Crippen LogP contribution >= 0.6 is 0 Å². The summed E-state index contributed by atoms with van der Waals surface area (Å²) in [5.41, 5.74) is 0.388. The summed E-state index contributed by atoms with van der Waals surface area (Å²) < 4.78 is 43.1. The molecule has 8 nitrogen and oxygen atoms in total. The lowest BCUT2D eigenvalue weighted by Crippen LogP contribution is -2.52. The standard InChI is InChI=1S/C21H24F3N5O3/c1-13(20(31)27-19-4-3-16(22)10-26-19)28-8-6-21(23,24)18(12-28)15-5-7-29(32)17(9-15)11-25-14(2)30/h3-5,7,9-10,13,18H,6,8,11-12H2,1-2H3,(H,25,30)(H,26,27,31). The third-order valence-corrected chi connectivity index (χ3v) is 5.50. The predicted octanol–water partition coefficient (Wildman–Crippen LogP) is 1.94.